The number of carbonyl (C=O) groups is 1. The summed E-state index contributed by atoms with van der Waals surface area (Å²) in [5, 5.41) is 0. The van der Waals surface area contributed by atoms with Gasteiger partial charge in [0.2, 0.25) is 0 Å². The van der Waals surface area contributed by atoms with E-state index in [1.165, 1.54) is 13.2 Å². The lowest BCUT2D eigenvalue weighted by Gasteiger charge is -2.22. The number of methoxy groups -OCH3 is 1. The zero-order chi connectivity index (χ0) is 12.3. The second-order valence-corrected chi connectivity index (χ2v) is 4.13. The quantitative estimate of drug-likeness (QED) is 0.797. The van der Waals surface area contributed by atoms with Gasteiger partial charge < -0.3 is 10.5 Å². The maximum atomic E-state index is 13.5. The normalized spacial score (nSPS) is 11.3. The minimum atomic E-state index is -0.858. The summed E-state index contributed by atoms with van der Waals surface area (Å²) in [5.74, 6) is -0.788. The lowest BCUT2D eigenvalue weighted by Crippen LogP contribution is -2.30. The Kier molecular flexibility index (Phi) is 3.65. The van der Waals surface area contributed by atoms with Gasteiger partial charge in [-0.15, -0.1) is 0 Å². The van der Waals surface area contributed by atoms with Crippen LogP contribution < -0.4 is 5.73 Å². The molecule has 0 saturated heterocycles. The molecular formula is C12H16FNO2. The van der Waals surface area contributed by atoms with E-state index in [2.05, 4.69) is 4.74 Å². The smallest absolute Gasteiger partial charge is 0.315 e. The third kappa shape index (κ3) is 2.22. The molecule has 1 rings (SSSR count). The van der Waals surface area contributed by atoms with Gasteiger partial charge in [-0.2, -0.15) is 0 Å². The fourth-order valence-electron chi connectivity index (χ4n) is 1.47. The van der Waals surface area contributed by atoms with Crippen molar-refractivity contribution in [1.82, 2.24) is 0 Å². The standard InChI is InChI=1S/C12H16FNO2/c1-12(2,11(15)16-3)9-5-4-8(7-14)10(13)6-9/h4-6H,7,14H2,1-3H3. The van der Waals surface area contributed by atoms with Crippen LogP contribution in [0.4, 0.5) is 4.39 Å². The highest BCUT2D eigenvalue weighted by atomic mass is 19.1. The SMILES string of the molecule is COC(=O)C(C)(C)c1ccc(CN)c(F)c1. The van der Waals surface area contributed by atoms with Crippen LogP contribution in [-0.4, -0.2) is 13.1 Å². The van der Waals surface area contributed by atoms with Gasteiger partial charge in [-0.25, -0.2) is 4.39 Å². The van der Waals surface area contributed by atoms with Gasteiger partial charge in [0.05, 0.1) is 12.5 Å². The summed E-state index contributed by atoms with van der Waals surface area (Å²) in [7, 11) is 1.31. The monoisotopic (exact) mass is 225 g/mol. The van der Waals surface area contributed by atoms with Crippen molar-refractivity contribution < 1.29 is 13.9 Å². The van der Waals surface area contributed by atoms with Crippen LogP contribution in [0.5, 0.6) is 0 Å². The number of halogens is 1. The molecule has 0 fully saturated rings. The Bertz CT molecular complexity index is 402. The van der Waals surface area contributed by atoms with Gasteiger partial charge in [-0.05, 0) is 25.5 Å². The van der Waals surface area contributed by atoms with Gasteiger partial charge in [-0.1, -0.05) is 12.1 Å². The Hall–Kier alpha value is -1.42. The summed E-state index contributed by atoms with van der Waals surface area (Å²) in [5.41, 5.74) is 5.52. The van der Waals surface area contributed by atoms with E-state index in [0.717, 1.165) is 0 Å². The molecule has 0 aliphatic carbocycles. The fraction of sp³-hybridized carbons (Fsp3) is 0.417. The summed E-state index contributed by atoms with van der Waals surface area (Å²) in [6, 6.07) is 4.62. The van der Waals surface area contributed by atoms with Crippen molar-refractivity contribution >= 4 is 5.97 Å². The zero-order valence-electron chi connectivity index (χ0n) is 9.71. The third-order valence-corrected chi connectivity index (χ3v) is 2.69. The summed E-state index contributed by atoms with van der Waals surface area (Å²) in [6.07, 6.45) is 0. The molecule has 0 aliphatic heterocycles. The fourth-order valence-corrected chi connectivity index (χ4v) is 1.47. The van der Waals surface area contributed by atoms with Crippen LogP contribution in [0.2, 0.25) is 0 Å². The van der Waals surface area contributed by atoms with Gasteiger partial charge in [0.25, 0.3) is 0 Å². The first kappa shape index (κ1) is 12.6. The Balaban J connectivity index is 3.14. The highest BCUT2D eigenvalue weighted by molar-refractivity contribution is 5.82. The maximum Gasteiger partial charge on any atom is 0.315 e. The van der Waals surface area contributed by atoms with Gasteiger partial charge in [-0.3, -0.25) is 4.79 Å². The van der Waals surface area contributed by atoms with Crippen molar-refractivity contribution in [3.8, 4) is 0 Å². The number of hydrogen-bond donors (Lipinski definition) is 1. The number of carbonyl (C=O) groups excluding carboxylic acids is 1. The minimum Gasteiger partial charge on any atom is -0.468 e. The molecule has 0 radical (unpaired) electrons. The molecule has 0 aliphatic rings. The van der Waals surface area contributed by atoms with Gasteiger partial charge in [0.1, 0.15) is 5.82 Å². The molecule has 3 nitrogen and oxygen atoms in total. The van der Waals surface area contributed by atoms with Crippen LogP contribution in [0.15, 0.2) is 18.2 Å². The zero-order valence-corrected chi connectivity index (χ0v) is 9.71. The Morgan fingerprint density at radius 1 is 1.50 bits per heavy atom. The predicted octanol–water partition coefficient (Wildman–Crippen LogP) is 1.73. The summed E-state index contributed by atoms with van der Waals surface area (Å²) >= 11 is 0. The Morgan fingerprint density at radius 3 is 2.56 bits per heavy atom. The van der Waals surface area contributed by atoms with Crippen LogP contribution in [0.1, 0.15) is 25.0 Å². The average Bonchev–Trinajstić information content (AvgIpc) is 2.27. The van der Waals surface area contributed by atoms with Crippen LogP contribution in [0, 0.1) is 5.82 Å². The third-order valence-electron chi connectivity index (χ3n) is 2.69. The molecule has 0 amide bonds. The molecule has 0 spiro atoms. The summed E-state index contributed by atoms with van der Waals surface area (Å²) < 4.78 is 18.2. The maximum absolute atomic E-state index is 13.5. The number of nitrogens with two attached hydrogens (primary N) is 1. The van der Waals surface area contributed by atoms with Crippen LogP contribution in [-0.2, 0) is 21.5 Å². The molecule has 16 heavy (non-hydrogen) atoms. The van der Waals surface area contributed by atoms with Crippen LogP contribution in [0.25, 0.3) is 0 Å². The van der Waals surface area contributed by atoms with Gasteiger partial charge in [0, 0.05) is 12.1 Å². The number of ether oxygens (including phenoxy) is 1. The largest absolute Gasteiger partial charge is 0.468 e. The van der Waals surface area contributed by atoms with E-state index in [1.807, 2.05) is 0 Å². The second kappa shape index (κ2) is 4.61. The van der Waals surface area contributed by atoms with E-state index < -0.39 is 17.2 Å². The van der Waals surface area contributed by atoms with E-state index in [-0.39, 0.29) is 6.54 Å². The first-order valence-corrected chi connectivity index (χ1v) is 5.01. The summed E-state index contributed by atoms with van der Waals surface area (Å²) in [4.78, 5) is 11.5. The van der Waals surface area contributed by atoms with Crippen LogP contribution in [0.3, 0.4) is 0 Å². The second-order valence-electron chi connectivity index (χ2n) is 4.13. The number of rotatable bonds is 3. The molecule has 0 bridgehead atoms. The molecule has 0 aromatic heterocycles. The molecule has 1 aromatic carbocycles. The molecule has 0 unspecified atom stereocenters. The molecule has 4 heteroatoms. The van der Waals surface area contributed by atoms with Crippen molar-refractivity contribution in [1.29, 1.82) is 0 Å². The van der Waals surface area contributed by atoms with Gasteiger partial charge >= 0.3 is 5.97 Å². The van der Waals surface area contributed by atoms with E-state index in [1.54, 1.807) is 26.0 Å². The molecule has 2 N–H and O–H groups in total. The van der Waals surface area contributed by atoms with E-state index in [0.29, 0.717) is 11.1 Å². The molecule has 0 atom stereocenters. The highest BCUT2D eigenvalue weighted by Crippen LogP contribution is 2.26. The average molecular weight is 225 g/mol. The van der Waals surface area contributed by atoms with Crippen molar-refractivity contribution in [3.63, 3.8) is 0 Å². The van der Waals surface area contributed by atoms with Crippen molar-refractivity contribution in [3.05, 3.63) is 35.1 Å². The molecule has 88 valence electrons. The van der Waals surface area contributed by atoms with Gasteiger partial charge in [0.15, 0.2) is 0 Å². The lowest BCUT2D eigenvalue weighted by atomic mass is 9.84. The Morgan fingerprint density at radius 2 is 2.12 bits per heavy atom. The topological polar surface area (TPSA) is 52.3 Å². The number of esters is 1. The predicted molar refractivity (Wildman–Crippen MR) is 59.3 cm³/mol. The molecule has 0 saturated carbocycles. The van der Waals surface area contributed by atoms with Crippen LogP contribution >= 0.6 is 0 Å². The van der Waals surface area contributed by atoms with E-state index in [9.17, 15) is 9.18 Å². The molecule has 1 aromatic rings. The number of benzene rings is 1. The van der Waals surface area contributed by atoms with E-state index >= 15 is 0 Å². The first-order chi connectivity index (χ1) is 7.43. The van der Waals surface area contributed by atoms with E-state index in [4.69, 9.17) is 5.73 Å². The summed E-state index contributed by atoms with van der Waals surface area (Å²) in [6.45, 7) is 3.52. The highest BCUT2D eigenvalue weighted by Gasteiger charge is 2.31. The minimum absolute atomic E-state index is 0.144. The van der Waals surface area contributed by atoms with Crippen molar-refractivity contribution in [2.45, 2.75) is 25.8 Å². The van der Waals surface area contributed by atoms with Crippen molar-refractivity contribution in [2.75, 3.05) is 7.11 Å². The molecular weight excluding hydrogens is 209 g/mol. The Labute approximate surface area is 94.4 Å². The number of hydrogen-bond acceptors (Lipinski definition) is 3. The first-order valence-electron chi connectivity index (χ1n) is 5.01. The lowest BCUT2D eigenvalue weighted by molar-refractivity contribution is -0.146. The molecule has 0 heterocycles. The van der Waals surface area contributed by atoms with Crippen molar-refractivity contribution in [2.24, 2.45) is 5.73 Å².